The number of nitrogens with one attached hydrogen (secondary N) is 1. The Kier molecular flexibility index (Phi) is 5.19. The molecule has 0 bridgehead atoms. The number of ether oxygens (including phenoxy) is 1. The molecule has 1 unspecified atom stereocenters. The van der Waals surface area contributed by atoms with Crippen molar-refractivity contribution in [2.75, 3.05) is 20.2 Å². The largest absolute Gasteiger partial charge is 0.497 e. The van der Waals surface area contributed by atoms with E-state index in [1.807, 2.05) is 12.1 Å². The van der Waals surface area contributed by atoms with Crippen LogP contribution in [0.25, 0.3) is 0 Å². The van der Waals surface area contributed by atoms with E-state index in [1.165, 1.54) is 12.0 Å². The number of benzene rings is 1. The van der Waals surface area contributed by atoms with Gasteiger partial charge in [-0.25, -0.2) is 0 Å². The van der Waals surface area contributed by atoms with E-state index >= 15 is 0 Å². The summed E-state index contributed by atoms with van der Waals surface area (Å²) in [6, 6.07) is 8.31. The molecule has 2 heteroatoms. The molecule has 0 aromatic heterocycles. The van der Waals surface area contributed by atoms with E-state index in [1.54, 1.807) is 7.11 Å². The zero-order chi connectivity index (χ0) is 11.1. The first-order valence-corrected chi connectivity index (χ1v) is 5.62. The van der Waals surface area contributed by atoms with Gasteiger partial charge in [-0.15, -0.1) is 0 Å². The Hall–Kier alpha value is -1.02. The van der Waals surface area contributed by atoms with Gasteiger partial charge in [0.05, 0.1) is 7.11 Å². The minimum absolute atomic E-state index is 0.558. The zero-order valence-corrected chi connectivity index (χ0v) is 9.92. The van der Waals surface area contributed by atoms with Gasteiger partial charge in [-0.3, -0.25) is 0 Å². The van der Waals surface area contributed by atoms with E-state index in [-0.39, 0.29) is 0 Å². The van der Waals surface area contributed by atoms with Crippen LogP contribution in [0.1, 0.15) is 31.7 Å². The van der Waals surface area contributed by atoms with Crippen LogP contribution in [-0.4, -0.2) is 20.2 Å². The van der Waals surface area contributed by atoms with E-state index in [0.717, 1.165) is 18.8 Å². The molecule has 84 valence electrons. The molecule has 0 aliphatic carbocycles. The average molecular weight is 207 g/mol. The molecular weight excluding hydrogens is 186 g/mol. The molecule has 0 aliphatic heterocycles. The van der Waals surface area contributed by atoms with Crippen LogP contribution in [0.15, 0.2) is 24.3 Å². The van der Waals surface area contributed by atoms with Crippen molar-refractivity contribution in [2.45, 2.75) is 26.2 Å². The monoisotopic (exact) mass is 207 g/mol. The predicted octanol–water partition coefficient (Wildman–Crippen LogP) is 2.80. The Morgan fingerprint density at radius 1 is 1.27 bits per heavy atom. The maximum Gasteiger partial charge on any atom is 0.118 e. The number of hydrogen-bond donors (Lipinski definition) is 1. The lowest BCUT2D eigenvalue weighted by Gasteiger charge is -2.13. The Balaban J connectivity index is 2.46. The fourth-order valence-corrected chi connectivity index (χ4v) is 1.55. The van der Waals surface area contributed by atoms with E-state index < -0.39 is 0 Å². The van der Waals surface area contributed by atoms with Gasteiger partial charge >= 0.3 is 0 Å². The van der Waals surface area contributed by atoms with Crippen LogP contribution in [0.5, 0.6) is 5.75 Å². The van der Waals surface area contributed by atoms with Crippen LogP contribution < -0.4 is 10.1 Å². The average Bonchev–Trinajstić information content (AvgIpc) is 2.29. The number of hydrogen-bond acceptors (Lipinski definition) is 2. The topological polar surface area (TPSA) is 21.3 Å². The van der Waals surface area contributed by atoms with Gasteiger partial charge in [0, 0.05) is 6.54 Å². The van der Waals surface area contributed by atoms with Gasteiger partial charge in [-0.2, -0.15) is 0 Å². The SMILES string of the molecule is CCCNCC(C)c1ccc(OC)cc1. The highest BCUT2D eigenvalue weighted by Crippen LogP contribution is 2.18. The smallest absolute Gasteiger partial charge is 0.118 e. The first-order valence-electron chi connectivity index (χ1n) is 5.62. The summed E-state index contributed by atoms with van der Waals surface area (Å²) in [5.74, 6) is 1.48. The molecule has 1 aromatic carbocycles. The lowest BCUT2D eigenvalue weighted by Crippen LogP contribution is -2.20. The Morgan fingerprint density at radius 3 is 2.47 bits per heavy atom. The van der Waals surface area contributed by atoms with E-state index in [0.29, 0.717) is 5.92 Å². The van der Waals surface area contributed by atoms with E-state index in [2.05, 4.69) is 31.3 Å². The molecular formula is C13H21NO. The minimum Gasteiger partial charge on any atom is -0.497 e. The number of rotatable bonds is 6. The lowest BCUT2D eigenvalue weighted by molar-refractivity contribution is 0.414. The summed E-state index contributed by atoms with van der Waals surface area (Å²) >= 11 is 0. The molecule has 1 aromatic rings. The molecule has 1 N–H and O–H groups in total. The third kappa shape index (κ3) is 3.92. The Bertz CT molecular complexity index is 268. The fraction of sp³-hybridized carbons (Fsp3) is 0.538. The zero-order valence-electron chi connectivity index (χ0n) is 9.92. The van der Waals surface area contributed by atoms with Crippen LogP contribution in [0, 0.1) is 0 Å². The molecule has 0 spiro atoms. The summed E-state index contributed by atoms with van der Waals surface area (Å²) in [5, 5.41) is 3.43. The standard InChI is InChI=1S/C13H21NO/c1-4-9-14-10-11(2)12-5-7-13(15-3)8-6-12/h5-8,11,14H,4,9-10H2,1-3H3. The normalized spacial score (nSPS) is 12.5. The first kappa shape index (κ1) is 12.1. The van der Waals surface area contributed by atoms with Crippen LogP contribution in [-0.2, 0) is 0 Å². The summed E-state index contributed by atoms with van der Waals surface area (Å²) in [7, 11) is 1.70. The molecule has 0 fully saturated rings. The third-order valence-electron chi connectivity index (χ3n) is 2.56. The highest BCUT2D eigenvalue weighted by Gasteiger charge is 2.04. The van der Waals surface area contributed by atoms with Crippen molar-refractivity contribution in [3.63, 3.8) is 0 Å². The summed E-state index contributed by atoms with van der Waals surface area (Å²) in [6.45, 7) is 6.57. The van der Waals surface area contributed by atoms with E-state index in [4.69, 9.17) is 4.74 Å². The summed E-state index contributed by atoms with van der Waals surface area (Å²) < 4.78 is 5.13. The summed E-state index contributed by atoms with van der Waals surface area (Å²) in [4.78, 5) is 0. The molecule has 0 amide bonds. The molecule has 0 aliphatic rings. The maximum absolute atomic E-state index is 5.13. The Morgan fingerprint density at radius 2 is 1.93 bits per heavy atom. The molecule has 2 nitrogen and oxygen atoms in total. The molecule has 0 radical (unpaired) electrons. The van der Waals surface area contributed by atoms with Gasteiger partial charge in [-0.05, 0) is 36.6 Å². The third-order valence-corrected chi connectivity index (χ3v) is 2.56. The van der Waals surface area contributed by atoms with Crippen molar-refractivity contribution >= 4 is 0 Å². The summed E-state index contributed by atoms with van der Waals surface area (Å²) in [5.41, 5.74) is 1.36. The van der Waals surface area contributed by atoms with Crippen molar-refractivity contribution in [3.8, 4) is 5.75 Å². The second-order valence-corrected chi connectivity index (χ2v) is 3.88. The second-order valence-electron chi connectivity index (χ2n) is 3.88. The highest BCUT2D eigenvalue weighted by atomic mass is 16.5. The molecule has 0 heterocycles. The minimum atomic E-state index is 0.558. The van der Waals surface area contributed by atoms with E-state index in [9.17, 15) is 0 Å². The van der Waals surface area contributed by atoms with Gasteiger partial charge in [0.15, 0.2) is 0 Å². The van der Waals surface area contributed by atoms with Crippen LogP contribution in [0.3, 0.4) is 0 Å². The van der Waals surface area contributed by atoms with Crippen molar-refractivity contribution in [3.05, 3.63) is 29.8 Å². The van der Waals surface area contributed by atoms with Crippen LogP contribution in [0.2, 0.25) is 0 Å². The second kappa shape index (κ2) is 6.46. The first-order chi connectivity index (χ1) is 7.27. The molecule has 0 saturated carbocycles. The van der Waals surface area contributed by atoms with Gasteiger partial charge in [0.25, 0.3) is 0 Å². The number of methoxy groups -OCH3 is 1. The van der Waals surface area contributed by atoms with Crippen LogP contribution in [0.4, 0.5) is 0 Å². The Labute approximate surface area is 92.6 Å². The van der Waals surface area contributed by atoms with Gasteiger partial charge in [0.1, 0.15) is 5.75 Å². The van der Waals surface area contributed by atoms with Gasteiger partial charge < -0.3 is 10.1 Å². The van der Waals surface area contributed by atoms with Crippen molar-refractivity contribution in [2.24, 2.45) is 0 Å². The highest BCUT2D eigenvalue weighted by molar-refractivity contribution is 5.29. The fourth-order valence-electron chi connectivity index (χ4n) is 1.55. The molecule has 1 rings (SSSR count). The van der Waals surface area contributed by atoms with Crippen molar-refractivity contribution in [1.29, 1.82) is 0 Å². The summed E-state index contributed by atoms with van der Waals surface area (Å²) in [6.07, 6.45) is 1.19. The predicted molar refractivity (Wildman–Crippen MR) is 64.6 cm³/mol. The van der Waals surface area contributed by atoms with Gasteiger partial charge in [0.2, 0.25) is 0 Å². The molecule has 1 atom stereocenters. The molecule has 0 saturated heterocycles. The maximum atomic E-state index is 5.13. The lowest BCUT2D eigenvalue weighted by atomic mass is 10.0. The van der Waals surface area contributed by atoms with Crippen molar-refractivity contribution < 1.29 is 4.74 Å². The quantitative estimate of drug-likeness (QED) is 0.724. The van der Waals surface area contributed by atoms with Gasteiger partial charge in [-0.1, -0.05) is 26.0 Å². The molecule has 15 heavy (non-hydrogen) atoms. The van der Waals surface area contributed by atoms with Crippen molar-refractivity contribution in [1.82, 2.24) is 5.32 Å². The van der Waals surface area contributed by atoms with Crippen LogP contribution >= 0.6 is 0 Å².